The normalized spacial score (nSPS) is 11.0. The number of unbranched alkanes of at least 4 members (excludes halogenated alkanes) is 26. The summed E-state index contributed by atoms with van der Waals surface area (Å²) < 4.78 is 19.8. The predicted molar refractivity (Wildman–Crippen MR) is 233 cm³/mol. The molecule has 0 fully saturated rings. The molecule has 2 radical (unpaired) electrons. The summed E-state index contributed by atoms with van der Waals surface area (Å²) in [6, 6.07) is 0. The van der Waals surface area contributed by atoms with E-state index in [0.717, 1.165) is 57.8 Å². The van der Waals surface area contributed by atoms with Crippen LogP contribution in [-0.4, -0.2) is 58.4 Å². The summed E-state index contributed by atoms with van der Waals surface area (Å²) in [5, 5.41) is 0. The van der Waals surface area contributed by atoms with Crippen LogP contribution < -0.4 is 0 Å². The van der Waals surface area contributed by atoms with Gasteiger partial charge in [-0.3, -0.25) is 14.4 Å². The third-order valence-corrected chi connectivity index (χ3v) is 14.1. The molecular weight excluding hydrogens is 779 g/mol. The zero-order valence-electron chi connectivity index (χ0n) is 36.9. The number of esters is 3. The van der Waals surface area contributed by atoms with Crippen LogP contribution in [0.15, 0.2) is 0 Å². The van der Waals surface area contributed by atoms with Crippen molar-refractivity contribution in [2.75, 3.05) is 13.2 Å². The molecule has 0 unspecified atom stereocenters. The minimum atomic E-state index is -0.754. The molecule has 0 aromatic heterocycles. The van der Waals surface area contributed by atoms with E-state index in [9.17, 15) is 14.4 Å². The van der Waals surface area contributed by atoms with Crippen molar-refractivity contribution in [2.24, 2.45) is 0 Å². The van der Waals surface area contributed by atoms with Crippen molar-refractivity contribution in [2.45, 2.75) is 268 Å². The zero-order chi connectivity index (χ0) is 40.0. The standard InChI is InChI=1S/C39H74O6.2C4H9.Sn/c1-4-7-10-13-16-19-22-25-28-31-37(40)43-34-36(45-39(42)33-30-27-24-21-18-15-12-9-6-3)35-44-38(41)32-29-26-23-20-17-14-11-8-5-2;2*1-3-4-2;/h36H,4-35H2,1-3H3;2*1,3-4H2,2H3;. The first-order chi connectivity index (χ1) is 26.4. The van der Waals surface area contributed by atoms with Gasteiger partial charge in [-0.15, -0.1) is 0 Å². The molecule has 0 atom stereocenters. The van der Waals surface area contributed by atoms with Gasteiger partial charge in [0.05, 0.1) is 0 Å². The average molecular weight is 872 g/mol. The monoisotopic (exact) mass is 873 g/mol. The first kappa shape index (κ1) is 55.3. The van der Waals surface area contributed by atoms with Crippen molar-refractivity contribution in [3.05, 3.63) is 0 Å². The van der Waals surface area contributed by atoms with Crippen LogP contribution >= 0.6 is 0 Å². The third-order valence-electron chi connectivity index (χ3n) is 10.0. The van der Waals surface area contributed by atoms with Crippen LogP contribution in [0.2, 0.25) is 8.87 Å². The van der Waals surface area contributed by atoms with Crippen molar-refractivity contribution in [1.29, 1.82) is 0 Å². The Hall–Kier alpha value is -0.791. The molecule has 54 heavy (non-hydrogen) atoms. The molecular formula is C47H92O6Sn. The summed E-state index contributed by atoms with van der Waals surface area (Å²) in [5.74, 6) is -0.870. The van der Waals surface area contributed by atoms with Gasteiger partial charge in [0.15, 0.2) is 6.10 Å². The molecule has 0 heterocycles. The summed E-state index contributed by atoms with van der Waals surface area (Å²) >= 11 is 0.149. The molecule has 0 aromatic rings. The van der Waals surface area contributed by atoms with E-state index >= 15 is 0 Å². The molecule has 0 aromatic carbocycles. The molecule has 0 aliphatic rings. The summed E-state index contributed by atoms with van der Waals surface area (Å²) in [4.78, 5) is 37.3. The van der Waals surface area contributed by atoms with Crippen molar-refractivity contribution in [1.82, 2.24) is 0 Å². The molecule has 320 valence electrons. The first-order valence-electron chi connectivity index (χ1n) is 23.7. The zero-order valence-corrected chi connectivity index (χ0v) is 39.8. The van der Waals surface area contributed by atoms with E-state index in [1.807, 2.05) is 0 Å². The van der Waals surface area contributed by atoms with Crippen molar-refractivity contribution >= 4 is 39.1 Å². The van der Waals surface area contributed by atoms with Crippen molar-refractivity contribution < 1.29 is 28.6 Å². The van der Waals surface area contributed by atoms with Crippen LogP contribution in [0, 0.1) is 0 Å². The fraction of sp³-hybridized carbons (Fsp3) is 0.936. The Morgan fingerprint density at radius 2 is 0.611 bits per heavy atom. The van der Waals surface area contributed by atoms with Gasteiger partial charge in [0, 0.05) is 19.3 Å². The van der Waals surface area contributed by atoms with Crippen LogP contribution in [0.4, 0.5) is 0 Å². The van der Waals surface area contributed by atoms with Gasteiger partial charge < -0.3 is 14.2 Å². The Morgan fingerprint density at radius 3 is 0.907 bits per heavy atom. The molecule has 6 nitrogen and oxygen atoms in total. The number of hydrogen-bond acceptors (Lipinski definition) is 6. The summed E-state index contributed by atoms with van der Waals surface area (Å²) in [6.07, 6.45) is 38.1. The van der Waals surface area contributed by atoms with Crippen LogP contribution in [-0.2, 0) is 28.6 Å². The Balaban J connectivity index is 0. The van der Waals surface area contributed by atoms with Gasteiger partial charge >= 0.3 is 87.5 Å². The summed E-state index contributed by atoms with van der Waals surface area (Å²) in [5.41, 5.74) is 0. The minimum absolute atomic E-state index is 0.0644. The molecule has 0 saturated carbocycles. The summed E-state index contributed by atoms with van der Waals surface area (Å²) in [7, 11) is 0. The Morgan fingerprint density at radius 1 is 0.352 bits per heavy atom. The maximum atomic E-state index is 12.6. The quantitative estimate of drug-likeness (QED) is 0.0264. The topological polar surface area (TPSA) is 78.9 Å². The molecule has 0 aliphatic heterocycles. The number of hydrogen-bond donors (Lipinski definition) is 0. The molecule has 0 saturated heterocycles. The number of carbonyl (C=O) groups is 3. The van der Waals surface area contributed by atoms with E-state index in [-0.39, 0.29) is 52.3 Å². The maximum absolute atomic E-state index is 12.6. The fourth-order valence-electron chi connectivity index (χ4n) is 6.35. The molecule has 0 bridgehead atoms. The van der Waals surface area contributed by atoms with Crippen LogP contribution in [0.1, 0.15) is 253 Å². The average Bonchev–Trinajstić information content (AvgIpc) is 3.17. The Labute approximate surface area is 347 Å². The number of carbonyl (C=O) groups excluding carboxylic acids is 3. The van der Waals surface area contributed by atoms with Gasteiger partial charge in [-0.25, -0.2) is 0 Å². The predicted octanol–water partition coefficient (Wildman–Crippen LogP) is 14.9. The van der Waals surface area contributed by atoms with Crippen molar-refractivity contribution in [3.8, 4) is 0 Å². The second kappa shape index (κ2) is 48.4. The Kier molecular flexibility index (Phi) is 49.5. The van der Waals surface area contributed by atoms with E-state index in [2.05, 4.69) is 34.6 Å². The molecule has 0 rings (SSSR count). The molecule has 0 amide bonds. The van der Waals surface area contributed by atoms with Gasteiger partial charge in [-0.2, -0.15) is 0 Å². The molecule has 0 aliphatic carbocycles. The second-order valence-electron chi connectivity index (χ2n) is 15.7. The van der Waals surface area contributed by atoms with Gasteiger partial charge in [-0.1, -0.05) is 175 Å². The van der Waals surface area contributed by atoms with Gasteiger partial charge in [0.25, 0.3) is 0 Å². The van der Waals surface area contributed by atoms with Gasteiger partial charge in [0.1, 0.15) is 13.2 Å². The molecule has 7 heteroatoms. The number of ether oxygens (including phenoxy) is 3. The summed E-state index contributed by atoms with van der Waals surface area (Å²) in [6.45, 7) is 11.1. The van der Waals surface area contributed by atoms with E-state index in [1.165, 1.54) is 141 Å². The van der Waals surface area contributed by atoms with E-state index in [4.69, 9.17) is 14.2 Å². The van der Waals surface area contributed by atoms with Gasteiger partial charge in [-0.05, 0) is 19.3 Å². The van der Waals surface area contributed by atoms with E-state index < -0.39 is 6.10 Å². The molecule has 0 N–H and O–H groups in total. The number of rotatable bonds is 41. The third kappa shape index (κ3) is 47.4. The first-order valence-corrected chi connectivity index (χ1v) is 27.7. The Bertz CT molecular complexity index is 731. The van der Waals surface area contributed by atoms with Gasteiger partial charge in [0.2, 0.25) is 0 Å². The van der Waals surface area contributed by atoms with Crippen LogP contribution in [0.3, 0.4) is 0 Å². The van der Waals surface area contributed by atoms with Crippen LogP contribution in [0.25, 0.3) is 0 Å². The van der Waals surface area contributed by atoms with E-state index in [0.29, 0.717) is 19.3 Å². The fourth-order valence-corrected chi connectivity index (χ4v) is 10.5. The molecule has 0 spiro atoms. The van der Waals surface area contributed by atoms with Crippen molar-refractivity contribution in [3.63, 3.8) is 0 Å². The van der Waals surface area contributed by atoms with Crippen LogP contribution in [0.5, 0.6) is 0 Å². The van der Waals surface area contributed by atoms with E-state index in [1.54, 1.807) is 8.87 Å². The SMILES string of the molecule is CCCCCCCCCCCC(=O)OCC(COC(=O)CCCCCCCCCCC)OC(=O)CCCCCCCCCCC.CCC[CH2][Sn][CH2]CCC. The second-order valence-corrected chi connectivity index (χ2v) is 20.0.